The Kier molecular flexibility index (Phi) is 3.16. The summed E-state index contributed by atoms with van der Waals surface area (Å²) in [6, 6.07) is 0. The summed E-state index contributed by atoms with van der Waals surface area (Å²) in [7, 11) is 0. The molecule has 1 unspecified atom stereocenters. The molecular weight excluding hydrogens is 244 g/mol. The van der Waals surface area contributed by atoms with Gasteiger partial charge < -0.3 is 4.74 Å². The van der Waals surface area contributed by atoms with Gasteiger partial charge in [0, 0.05) is 0 Å². The number of rotatable bonds is 0. The highest BCUT2D eigenvalue weighted by Gasteiger charge is 2.60. The van der Waals surface area contributed by atoms with Crippen molar-refractivity contribution in [3.8, 4) is 0 Å². The lowest BCUT2D eigenvalue weighted by atomic mass is 9.44. The molecule has 0 amide bonds. The molecule has 2 saturated carbocycles. The lowest BCUT2D eigenvalue weighted by Crippen LogP contribution is -2.62. The van der Waals surface area contributed by atoms with Crippen molar-refractivity contribution in [1.29, 1.82) is 0 Å². The zero-order valence-electron chi connectivity index (χ0n) is 14.5. The molecule has 0 aromatic heterocycles. The van der Waals surface area contributed by atoms with E-state index in [0.29, 0.717) is 10.8 Å². The minimum Gasteiger partial charge on any atom is -0.369 e. The van der Waals surface area contributed by atoms with Gasteiger partial charge in [0.25, 0.3) is 0 Å². The molecule has 4 atom stereocenters. The maximum atomic E-state index is 6.65. The van der Waals surface area contributed by atoms with E-state index in [4.69, 9.17) is 4.74 Å². The van der Waals surface area contributed by atoms with Crippen molar-refractivity contribution >= 4 is 0 Å². The predicted octanol–water partition coefficient (Wildman–Crippen LogP) is 5.58. The van der Waals surface area contributed by atoms with E-state index in [1.807, 2.05) is 0 Å². The van der Waals surface area contributed by atoms with Crippen LogP contribution in [-0.4, -0.2) is 11.2 Å². The normalized spacial score (nSPS) is 50.1. The van der Waals surface area contributed by atoms with Crippen LogP contribution in [0.1, 0.15) is 86.5 Å². The monoisotopic (exact) mass is 278 g/mol. The molecule has 3 aliphatic rings. The SMILES string of the molecule is CC1(C)CC[C@H]2[C@@](C)(CCC3C(C)(C)CCC[C@@]32C)O1. The molecule has 1 heteroatoms. The second kappa shape index (κ2) is 4.24. The average molecular weight is 278 g/mol. The van der Waals surface area contributed by atoms with Crippen LogP contribution in [0, 0.1) is 22.7 Å². The fraction of sp³-hybridized carbons (Fsp3) is 1.00. The number of ether oxygens (including phenoxy) is 1. The van der Waals surface area contributed by atoms with Gasteiger partial charge in [-0.05, 0) is 82.0 Å². The van der Waals surface area contributed by atoms with E-state index in [1.165, 1.54) is 44.9 Å². The van der Waals surface area contributed by atoms with Gasteiger partial charge in [-0.15, -0.1) is 0 Å². The smallest absolute Gasteiger partial charge is 0.0695 e. The third kappa shape index (κ3) is 2.07. The van der Waals surface area contributed by atoms with Crippen molar-refractivity contribution in [3.05, 3.63) is 0 Å². The van der Waals surface area contributed by atoms with Gasteiger partial charge in [0.1, 0.15) is 0 Å². The summed E-state index contributed by atoms with van der Waals surface area (Å²) >= 11 is 0. The highest BCUT2D eigenvalue weighted by molar-refractivity contribution is 5.10. The van der Waals surface area contributed by atoms with E-state index in [9.17, 15) is 0 Å². The number of hydrogen-bond acceptors (Lipinski definition) is 1. The van der Waals surface area contributed by atoms with Crippen molar-refractivity contribution in [3.63, 3.8) is 0 Å². The molecule has 0 radical (unpaired) electrons. The second-order valence-electron chi connectivity index (χ2n) is 9.70. The summed E-state index contributed by atoms with van der Waals surface area (Å²) in [6.45, 7) is 14.6. The Morgan fingerprint density at radius 2 is 1.40 bits per heavy atom. The Morgan fingerprint density at radius 3 is 2.10 bits per heavy atom. The molecule has 0 spiro atoms. The fourth-order valence-corrected chi connectivity index (χ4v) is 6.54. The van der Waals surface area contributed by atoms with Gasteiger partial charge in [-0.3, -0.25) is 0 Å². The predicted molar refractivity (Wildman–Crippen MR) is 84.8 cm³/mol. The molecule has 1 aliphatic heterocycles. The molecular formula is C19H34O. The Balaban J connectivity index is 1.95. The molecule has 0 bridgehead atoms. The first-order valence-electron chi connectivity index (χ1n) is 8.79. The summed E-state index contributed by atoms with van der Waals surface area (Å²) in [4.78, 5) is 0. The molecule has 3 fully saturated rings. The van der Waals surface area contributed by atoms with Crippen LogP contribution in [0.4, 0.5) is 0 Å². The third-order valence-corrected chi connectivity index (χ3v) is 7.28. The van der Waals surface area contributed by atoms with Gasteiger partial charge in [-0.25, -0.2) is 0 Å². The highest BCUT2D eigenvalue weighted by atomic mass is 16.5. The molecule has 1 saturated heterocycles. The average Bonchev–Trinajstić information content (AvgIpc) is 2.24. The topological polar surface area (TPSA) is 9.23 Å². The van der Waals surface area contributed by atoms with Crippen molar-refractivity contribution in [2.75, 3.05) is 0 Å². The zero-order valence-corrected chi connectivity index (χ0v) is 14.5. The van der Waals surface area contributed by atoms with E-state index in [1.54, 1.807) is 0 Å². The second-order valence-corrected chi connectivity index (χ2v) is 9.70. The summed E-state index contributed by atoms with van der Waals surface area (Å²) in [6.07, 6.45) is 9.49. The molecule has 0 aromatic rings. The summed E-state index contributed by atoms with van der Waals surface area (Å²) in [5, 5.41) is 0. The Labute approximate surface area is 125 Å². The number of hydrogen-bond donors (Lipinski definition) is 0. The molecule has 0 N–H and O–H groups in total. The van der Waals surface area contributed by atoms with Crippen LogP contribution in [-0.2, 0) is 4.74 Å². The van der Waals surface area contributed by atoms with Gasteiger partial charge >= 0.3 is 0 Å². The maximum absolute atomic E-state index is 6.65. The van der Waals surface area contributed by atoms with Crippen molar-refractivity contribution in [1.82, 2.24) is 0 Å². The minimum atomic E-state index is 0.0820. The van der Waals surface area contributed by atoms with Crippen LogP contribution < -0.4 is 0 Å². The zero-order chi connectivity index (χ0) is 14.8. The van der Waals surface area contributed by atoms with Crippen molar-refractivity contribution < 1.29 is 4.74 Å². The standard InChI is InChI=1S/C19H34O/c1-16(2)10-7-11-18(5)14(16)9-13-19(6)15(18)8-12-17(3,4)20-19/h14-15H,7-13H2,1-6H3/t14?,15-,18+,19-/m1/s1. The summed E-state index contributed by atoms with van der Waals surface area (Å²) in [5.41, 5.74) is 1.24. The first kappa shape index (κ1) is 14.9. The van der Waals surface area contributed by atoms with Crippen LogP contribution in [0.3, 0.4) is 0 Å². The Hall–Kier alpha value is -0.0400. The molecule has 20 heavy (non-hydrogen) atoms. The molecule has 3 rings (SSSR count). The summed E-state index contributed by atoms with van der Waals surface area (Å²) < 4.78 is 6.65. The fourth-order valence-electron chi connectivity index (χ4n) is 6.54. The Morgan fingerprint density at radius 1 is 0.750 bits per heavy atom. The maximum Gasteiger partial charge on any atom is 0.0695 e. The van der Waals surface area contributed by atoms with Gasteiger partial charge in [0.15, 0.2) is 0 Å². The van der Waals surface area contributed by atoms with Gasteiger partial charge in [-0.1, -0.05) is 27.2 Å². The lowest BCUT2D eigenvalue weighted by molar-refractivity contribution is -0.260. The molecule has 2 aliphatic carbocycles. The van der Waals surface area contributed by atoms with E-state index in [-0.39, 0.29) is 11.2 Å². The van der Waals surface area contributed by atoms with Crippen molar-refractivity contribution in [2.24, 2.45) is 22.7 Å². The lowest BCUT2D eigenvalue weighted by Gasteiger charge is -2.65. The molecule has 1 heterocycles. The molecule has 0 aromatic carbocycles. The quantitative estimate of drug-likeness (QED) is 0.562. The first-order chi connectivity index (χ1) is 9.09. The van der Waals surface area contributed by atoms with Crippen LogP contribution >= 0.6 is 0 Å². The van der Waals surface area contributed by atoms with Crippen LogP contribution in [0.2, 0.25) is 0 Å². The highest BCUT2D eigenvalue weighted by Crippen LogP contribution is 2.65. The van der Waals surface area contributed by atoms with E-state index in [0.717, 1.165) is 11.8 Å². The molecule has 116 valence electrons. The number of fused-ring (bicyclic) bond motifs is 3. The molecule has 1 nitrogen and oxygen atoms in total. The Bertz CT molecular complexity index is 397. The summed E-state index contributed by atoms with van der Waals surface area (Å²) in [5.74, 6) is 1.66. The van der Waals surface area contributed by atoms with Crippen LogP contribution in [0.15, 0.2) is 0 Å². The minimum absolute atomic E-state index is 0.0820. The van der Waals surface area contributed by atoms with E-state index < -0.39 is 0 Å². The van der Waals surface area contributed by atoms with Crippen molar-refractivity contribution in [2.45, 2.75) is 97.7 Å². The van der Waals surface area contributed by atoms with Gasteiger partial charge in [0.05, 0.1) is 11.2 Å². The van der Waals surface area contributed by atoms with Crippen LogP contribution in [0.25, 0.3) is 0 Å². The third-order valence-electron chi connectivity index (χ3n) is 7.28. The van der Waals surface area contributed by atoms with Crippen LogP contribution in [0.5, 0.6) is 0 Å². The van der Waals surface area contributed by atoms with Gasteiger partial charge in [-0.2, -0.15) is 0 Å². The largest absolute Gasteiger partial charge is 0.369 e. The van der Waals surface area contributed by atoms with E-state index >= 15 is 0 Å². The van der Waals surface area contributed by atoms with Gasteiger partial charge in [0.2, 0.25) is 0 Å². The van der Waals surface area contributed by atoms with E-state index in [2.05, 4.69) is 41.5 Å². The first-order valence-corrected chi connectivity index (χ1v) is 8.79.